The van der Waals surface area contributed by atoms with Crippen molar-refractivity contribution in [1.82, 2.24) is 4.31 Å². The molecule has 0 amide bonds. The van der Waals surface area contributed by atoms with Crippen LogP contribution in [-0.2, 0) is 29.3 Å². The molecule has 0 unspecified atom stereocenters. The van der Waals surface area contributed by atoms with Gasteiger partial charge in [-0.25, -0.2) is 8.42 Å². The lowest BCUT2D eigenvalue weighted by atomic mass is 10.1. The highest BCUT2D eigenvalue weighted by Gasteiger charge is 2.23. The van der Waals surface area contributed by atoms with Gasteiger partial charge in [0, 0.05) is 36.6 Å². The minimum atomic E-state index is -3.39. The Morgan fingerprint density at radius 3 is 2.62 bits per heavy atom. The van der Waals surface area contributed by atoms with Gasteiger partial charge in [0.05, 0.1) is 0 Å². The first-order valence-corrected chi connectivity index (χ1v) is 12.0. The molecule has 0 saturated carbocycles. The van der Waals surface area contributed by atoms with Gasteiger partial charge < -0.3 is 11.1 Å². The molecule has 0 spiro atoms. The van der Waals surface area contributed by atoms with Crippen LogP contribution in [0, 0.1) is 0 Å². The van der Waals surface area contributed by atoms with E-state index in [0.29, 0.717) is 36.2 Å². The average molecular weight is 549 g/mol. The van der Waals surface area contributed by atoms with E-state index in [-0.39, 0.29) is 24.0 Å². The van der Waals surface area contributed by atoms with Crippen LogP contribution in [0.5, 0.6) is 0 Å². The number of aliphatic imine (C=N–C) groups is 1. The molecule has 0 aliphatic heterocycles. The van der Waals surface area contributed by atoms with E-state index in [1.54, 1.807) is 6.07 Å². The van der Waals surface area contributed by atoms with E-state index in [1.807, 2.05) is 26.0 Å². The first-order chi connectivity index (χ1) is 13.4. The van der Waals surface area contributed by atoms with Crippen molar-refractivity contribution in [2.45, 2.75) is 43.7 Å². The first-order valence-electron chi connectivity index (χ1n) is 9.71. The second-order valence-corrected chi connectivity index (χ2v) is 10.1. The van der Waals surface area contributed by atoms with E-state index >= 15 is 0 Å². The molecule has 3 rings (SSSR count). The normalized spacial score (nSPS) is 14.0. The second-order valence-electron chi connectivity index (χ2n) is 6.79. The molecule has 9 heteroatoms. The summed E-state index contributed by atoms with van der Waals surface area (Å²) in [5.74, 6) is 0.380. The topological polar surface area (TPSA) is 87.8 Å². The number of anilines is 1. The van der Waals surface area contributed by atoms with Crippen LogP contribution >= 0.6 is 35.3 Å². The van der Waals surface area contributed by atoms with Gasteiger partial charge >= 0.3 is 0 Å². The Kier molecular flexibility index (Phi) is 8.92. The van der Waals surface area contributed by atoms with E-state index in [1.165, 1.54) is 33.2 Å². The molecule has 0 fully saturated rings. The number of guanidine groups is 1. The number of fused-ring (bicyclic) bond motifs is 1. The van der Waals surface area contributed by atoms with Crippen molar-refractivity contribution in [2.75, 3.05) is 25.0 Å². The number of hydrogen-bond acceptors (Lipinski definition) is 4. The van der Waals surface area contributed by atoms with Gasteiger partial charge in [-0.05, 0) is 54.7 Å². The number of aryl methyl sites for hydroxylation is 2. The number of rotatable bonds is 8. The van der Waals surface area contributed by atoms with Crippen molar-refractivity contribution in [1.29, 1.82) is 0 Å². The molecule has 0 saturated heterocycles. The number of thiophene rings is 1. The lowest BCUT2D eigenvalue weighted by Gasteiger charge is -2.16. The fourth-order valence-electron chi connectivity index (χ4n) is 3.45. The molecule has 160 valence electrons. The summed E-state index contributed by atoms with van der Waals surface area (Å²) in [5, 5.41) is 3.15. The summed E-state index contributed by atoms with van der Waals surface area (Å²) in [7, 11) is -3.39. The molecule has 1 aliphatic rings. The predicted octanol–water partition coefficient (Wildman–Crippen LogP) is 3.85. The third-order valence-corrected chi connectivity index (χ3v) is 8.61. The van der Waals surface area contributed by atoms with Crippen LogP contribution in [0.4, 0.5) is 5.69 Å². The lowest BCUT2D eigenvalue weighted by molar-refractivity contribution is 0.447. The molecule has 6 nitrogen and oxygen atoms in total. The average Bonchev–Trinajstić information content (AvgIpc) is 3.31. The Balaban J connectivity index is 0.00000300. The van der Waals surface area contributed by atoms with Crippen LogP contribution in [-0.4, -0.2) is 38.3 Å². The quantitative estimate of drug-likeness (QED) is 0.298. The maximum atomic E-state index is 12.6. The van der Waals surface area contributed by atoms with Crippen LogP contribution in [0.25, 0.3) is 0 Å². The Bertz CT molecular complexity index is 953. The lowest BCUT2D eigenvalue weighted by Crippen LogP contribution is -2.29. The largest absolute Gasteiger partial charge is 0.370 e. The van der Waals surface area contributed by atoms with Gasteiger partial charge in [0.1, 0.15) is 4.21 Å². The van der Waals surface area contributed by atoms with Crippen molar-refractivity contribution in [3.8, 4) is 0 Å². The highest BCUT2D eigenvalue weighted by molar-refractivity contribution is 14.0. The SMILES string of the molecule is CCN(CC)S(=O)(=O)c1ccc(CCN=C(N)Nc2ccc3c(c2)CCC3)s1.I. The number of nitrogens with one attached hydrogen (secondary N) is 1. The van der Waals surface area contributed by atoms with Gasteiger partial charge in [0.2, 0.25) is 0 Å². The summed E-state index contributed by atoms with van der Waals surface area (Å²) in [6.07, 6.45) is 4.16. The summed E-state index contributed by atoms with van der Waals surface area (Å²) < 4.78 is 27.0. The Labute approximate surface area is 194 Å². The molecule has 1 heterocycles. The fourth-order valence-corrected chi connectivity index (χ4v) is 6.40. The summed E-state index contributed by atoms with van der Waals surface area (Å²) in [6.45, 7) is 5.15. The smallest absolute Gasteiger partial charge is 0.252 e. The van der Waals surface area contributed by atoms with E-state index in [9.17, 15) is 8.42 Å². The van der Waals surface area contributed by atoms with E-state index in [2.05, 4.69) is 22.4 Å². The highest BCUT2D eigenvalue weighted by atomic mass is 127. The van der Waals surface area contributed by atoms with E-state index in [4.69, 9.17) is 5.73 Å². The molecular weight excluding hydrogens is 519 g/mol. The molecule has 2 aromatic rings. The van der Waals surface area contributed by atoms with Crippen LogP contribution in [0.2, 0.25) is 0 Å². The minimum Gasteiger partial charge on any atom is -0.370 e. The molecule has 3 N–H and O–H groups in total. The number of nitrogens with two attached hydrogens (primary N) is 1. The van der Waals surface area contributed by atoms with Crippen LogP contribution < -0.4 is 11.1 Å². The molecular formula is C20H29IN4O2S2. The molecule has 1 aromatic carbocycles. The molecule has 1 aliphatic carbocycles. The van der Waals surface area contributed by atoms with E-state index < -0.39 is 10.0 Å². The van der Waals surface area contributed by atoms with Crippen LogP contribution in [0.15, 0.2) is 39.5 Å². The monoisotopic (exact) mass is 548 g/mol. The van der Waals surface area contributed by atoms with Gasteiger partial charge in [0.25, 0.3) is 10.0 Å². The zero-order chi connectivity index (χ0) is 20.1. The number of sulfonamides is 1. The molecule has 0 bridgehead atoms. The van der Waals surface area contributed by atoms with Crippen molar-refractivity contribution < 1.29 is 8.42 Å². The summed E-state index contributed by atoms with van der Waals surface area (Å²) in [4.78, 5) is 5.36. The number of hydrogen-bond donors (Lipinski definition) is 2. The molecule has 29 heavy (non-hydrogen) atoms. The van der Waals surface area contributed by atoms with Gasteiger partial charge in [-0.3, -0.25) is 4.99 Å². The van der Waals surface area contributed by atoms with Gasteiger partial charge in [-0.2, -0.15) is 4.31 Å². The molecule has 0 atom stereocenters. The Hall–Kier alpha value is -1.17. The number of halogens is 1. The van der Waals surface area contributed by atoms with Crippen molar-refractivity contribution >= 4 is 57.0 Å². The number of nitrogens with zero attached hydrogens (tertiary/aromatic N) is 2. The summed E-state index contributed by atoms with van der Waals surface area (Å²) in [5.41, 5.74) is 9.78. The van der Waals surface area contributed by atoms with Gasteiger partial charge in [-0.1, -0.05) is 19.9 Å². The maximum absolute atomic E-state index is 12.6. The van der Waals surface area contributed by atoms with Crippen LogP contribution in [0.1, 0.15) is 36.3 Å². The molecule has 1 aromatic heterocycles. The second kappa shape index (κ2) is 10.7. The Morgan fingerprint density at radius 1 is 1.17 bits per heavy atom. The maximum Gasteiger partial charge on any atom is 0.252 e. The number of benzene rings is 1. The van der Waals surface area contributed by atoms with E-state index in [0.717, 1.165) is 23.4 Å². The predicted molar refractivity (Wildman–Crippen MR) is 132 cm³/mol. The molecule has 0 radical (unpaired) electrons. The standard InChI is InChI=1S/C20H28N4O2S2.HI/c1-3-24(4-2)28(25,26)19-11-10-18(27-19)12-13-22-20(21)23-17-9-8-15-6-5-7-16(15)14-17;/h8-11,14H,3-7,12-13H2,1-2H3,(H3,21,22,23);1H. The van der Waals surface area contributed by atoms with Gasteiger partial charge in [0.15, 0.2) is 5.96 Å². The first kappa shape index (κ1) is 24.1. The van der Waals surface area contributed by atoms with Crippen molar-refractivity contribution in [3.63, 3.8) is 0 Å². The summed E-state index contributed by atoms with van der Waals surface area (Å²) in [6, 6.07) is 9.89. The third-order valence-electron chi connectivity index (χ3n) is 4.95. The van der Waals surface area contributed by atoms with Crippen molar-refractivity contribution in [2.24, 2.45) is 10.7 Å². The Morgan fingerprint density at radius 2 is 1.90 bits per heavy atom. The highest BCUT2D eigenvalue weighted by Crippen LogP contribution is 2.26. The zero-order valence-corrected chi connectivity index (χ0v) is 20.8. The van der Waals surface area contributed by atoms with Gasteiger partial charge in [-0.15, -0.1) is 35.3 Å². The van der Waals surface area contributed by atoms with Crippen molar-refractivity contribution in [3.05, 3.63) is 46.3 Å². The fraction of sp³-hybridized carbons (Fsp3) is 0.450. The van der Waals surface area contributed by atoms with Crippen LogP contribution in [0.3, 0.4) is 0 Å². The zero-order valence-electron chi connectivity index (χ0n) is 16.8. The third kappa shape index (κ3) is 5.93. The summed E-state index contributed by atoms with van der Waals surface area (Å²) >= 11 is 1.31. The minimum absolute atomic E-state index is 0.